The molecule has 0 radical (unpaired) electrons. The van der Waals surface area contributed by atoms with E-state index >= 15 is 0 Å². The van der Waals surface area contributed by atoms with Crippen molar-refractivity contribution in [1.82, 2.24) is 9.69 Å². The lowest BCUT2D eigenvalue weighted by molar-refractivity contribution is -0.0332. The predicted octanol–water partition coefficient (Wildman–Crippen LogP) is 1.40. The number of benzene rings is 1. The number of aromatic nitrogens is 1. The van der Waals surface area contributed by atoms with Gasteiger partial charge >= 0.3 is 0 Å². The molecule has 0 unspecified atom stereocenters. The molecule has 1 aromatic heterocycles. The number of carbonyl (C=O) groups is 1. The van der Waals surface area contributed by atoms with Crippen molar-refractivity contribution in [2.24, 2.45) is 17.8 Å². The van der Waals surface area contributed by atoms with Crippen molar-refractivity contribution in [2.45, 2.75) is 25.0 Å². The van der Waals surface area contributed by atoms with E-state index in [1.165, 1.54) is 11.5 Å². The second-order valence-electron chi connectivity index (χ2n) is 6.37. The fraction of sp³-hybridized carbons (Fsp3) is 0.500. The SMILES string of the molecule is O=C(NC[C@H]1C[C@@H]2C[C@H]1[C@@H](O)[C@H]2O)c1nsc2ccccc12. The highest BCUT2D eigenvalue weighted by Crippen LogP contribution is 2.48. The third-order valence-corrected chi connectivity index (χ3v) is 6.00. The maximum absolute atomic E-state index is 12.3. The molecule has 4 rings (SSSR count). The van der Waals surface area contributed by atoms with Gasteiger partial charge in [-0.25, -0.2) is 0 Å². The molecule has 2 aromatic rings. The van der Waals surface area contributed by atoms with E-state index in [0.717, 1.165) is 22.9 Å². The molecule has 1 aromatic carbocycles. The lowest BCUT2D eigenvalue weighted by atomic mass is 9.85. The Morgan fingerprint density at radius 2 is 2.09 bits per heavy atom. The van der Waals surface area contributed by atoms with Gasteiger partial charge in [-0.1, -0.05) is 18.2 Å². The first-order valence-electron chi connectivity index (χ1n) is 7.64. The predicted molar refractivity (Wildman–Crippen MR) is 83.7 cm³/mol. The lowest BCUT2D eigenvalue weighted by Crippen LogP contribution is -2.41. The molecule has 2 aliphatic rings. The van der Waals surface area contributed by atoms with Crippen molar-refractivity contribution >= 4 is 27.5 Å². The summed E-state index contributed by atoms with van der Waals surface area (Å²) in [6.45, 7) is 0.537. The van der Waals surface area contributed by atoms with E-state index in [0.29, 0.717) is 12.2 Å². The largest absolute Gasteiger partial charge is 0.390 e. The summed E-state index contributed by atoms with van der Waals surface area (Å²) in [7, 11) is 0. The Kier molecular flexibility index (Phi) is 3.40. The molecule has 1 amide bonds. The third kappa shape index (κ3) is 2.14. The maximum atomic E-state index is 12.3. The highest BCUT2D eigenvalue weighted by atomic mass is 32.1. The van der Waals surface area contributed by atoms with E-state index in [9.17, 15) is 15.0 Å². The third-order valence-electron chi connectivity index (χ3n) is 5.17. The van der Waals surface area contributed by atoms with E-state index in [2.05, 4.69) is 9.69 Å². The summed E-state index contributed by atoms with van der Waals surface area (Å²) in [5.74, 6) is 0.377. The van der Waals surface area contributed by atoms with Crippen molar-refractivity contribution in [3.63, 3.8) is 0 Å². The van der Waals surface area contributed by atoms with E-state index in [1.54, 1.807) is 0 Å². The Balaban J connectivity index is 1.43. The number of nitrogens with one attached hydrogen (secondary N) is 1. The molecule has 22 heavy (non-hydrogen) atoms. The van der Waals surface area contributed by atoms with Crippen LogP contribution in [0.3, 0.4) is 0 Å². The van der Waals surface area contributed by atoms with Crippen LogP contribution in [-0.4, -0.2) is 39.2 Å². The second kappa shape index (κ2) is 5.30. The van der Waals surface area contributed by atoms with E-state index in [4.69, 9.17) is 0 Å². The number of aliphatic hydroxyl groups is 2. The Bertz CT molecular complexity index is 714. The summed E-state index contributed by atoms with van der Waals surface area (Å²) >= 11 is 1.33. The van der Waals surface area contributed by atoms with Gasteiger partial charge < -0.3 is 15.5 Å². The van der Waals surface area contributed by atoms with Gasteiger partial charge in [0.25, 0.3) is 5.91 Å². The van der Waals surface area contributed by atoms with Crippen LogP contribution in [0.4, 0.5) is 0 Å². The number of hydrogen-bond donors (Lipinski definition) is 3. The first-order chi connectivity index (χ1) is 10.6. The number of amides is 1. The number of aliphatic hydroxyl groups excluding tert-OH is 2. The second-order valence-corrected chi connectivity index (χ2v) is 7.18. The Hall–Kier alpha value is -1.50. The van der Waals surface area contributed by atoms with Crippen LogP contribution in [0.25, 0.3) is 10.1 Å². The van der Waals surface area contributed by atoms with Crippen LogP contribution in [0.2, 0.25) is 0 Å². The maximum Gasteiger partial charge on any atom is 0.271 e. The molecular formula is C16H18N2O3S. The molecule has 2 bridgehead atoms. The molecule has 1 heterocycles. The van der Waals surface area contributed by atoms with Gasteiger partial charge in [0.1, 0.15) is 5.69 Å². The molecule has 3 N–H and O–H groups in total. The summed E-state index contributed by atoms with van der Waals surface area (Å²) < 4.78 is 5.26. The standard InChI is InChI=1S/C16H18N2O3S/c19-14-8-5-9(11(6-8)15(14)20)7-17-16(21)13-10-3-1-2-4-12(10)22-18-13/h1-4,8-9,11,14-15,19-20H,5-7H2,(H,17,21)/t8-,9-,11-,14+,15-/m1/s1. The fourth-order valence-electron chi connectivity index (χ4n) is 4.02. The molecule has 0 aliphatic heterocycles. The average molecular weight is 318 g/mol. The van der Waals surface area contributed by atoms with Crippen molar-refractivity contribution in [3.05, 3.63) is 30.0 Å². The monoisotopic (exact) mass is 318 g/mol. The quantitative estimate of drug-likeness (QED) is 0.799. The first kappa shape index (κ1) is 14.1. The van der Waals surface area contributed by atoms with Gasteiger partial charge in [0.15, 0.2) is 0 Å². The molecule has 2 fully saturated rings. The highest BCUT2D eigenvalue weighted by molar-refractivity contribution is 7.13. The number of rotatable bonds is 3. The van der Waals surface area contributed by atoms with Crippen LogP contribution in [-0.2, 0) is 0 Å². The Labute approximate surface area is 132 Å². The van der Waals surface area contributed by atoms with Crippen molar-refractivity contribution < 1.29 is 15.0 Å². The fourth-order valence-corrected chi connectivity index (χ4v) is 4.80. The smallest absolute Gasteiger partial charge is 0.271 e. The zero-order chi connectivity index (χ0) is 15.3. The van der Waals surface area contributed by atoms with E-state index in [1.807, 2.05) is 24.3 Å². The number of fused-ring (bicyclic) bond motifs is 3. The summed E-state index contributed by atoms with van der Waals surface area (Å²) in [5.41, 5.74) is 0.476. The van der Waals surface area contributed by atoms with Crippen LogP contribution in [0, 0.1) is 17.8 Å². The lowest BCUT2D eigenvalue weighted by Gasteiger charge is -2.29. The number of carbonyl (C=O) groups excluding carboxylic acids is 1. The summed E-state index contributed by atoms with van der Waals surface area (Å²) in [6.07, 6.45) is 0.518. The summed E-state index contributed by atoms with van der Waals surface area (Å²) in [6, 6.07) is 7.70. The van der Waals surface area contributed by atoms with Crippen LogP contribution < -0.4 is 5.32 Å². The number of nitrogens with zero attached hydrogens (tertiary/aromatic N) is 1. The molecule has 0 spiro atoms. The molecule has 5 atom stereocenters. The molecule has 0 saturated heterocycles. The first-order valence-corrected chi connectivity index (χ1v) is 8.41. The normalized spacial score (nSPS) is 33.5. The Morgan fingerprint density at radius 3 is 2.86 bits per heavy atom. The van der Waals surface area contributed by atoms with Crippen LogP contribution in [0.15, 0.2) is 24.3 Å². The van der Waals surface area contributed by atoms with Gasteiger partial charge in [0.2, 0.25) is 0 Å². The van der Waals surface area contributed by atoms with E-state index in [-0.39, 0.29) is 23.7 Å². The molecule has 116 valence electrons. The summed E-state index contributed by atoms with van der Waals surface area (Å²) in [5, 5.41) is 23.6. The topological polar surface area (TPSA) is 82.5 Å². The summed E-state index contributed by atoms with van der Waals surface area (Å²) in [4.78, 5) is 12.3. The molecule has 6 heteroatoms. The van der Waals surface area contributed by atoms with E-state index < -0.39 is 12.2 Å². The Morgan fingerprint density at radius 1 is 1.27 bits per heavy atom. The minimum absolute atomic E-state index is 0.104. The van der Waals surface area contributed by atoms with Crippen molar-refractivity contribution in [3.8, 4) is 0 Å². The highest BCUT2D eigenvalue weighted by Gasteiger charge is 2.51. The zero-order valence-electron chi connectivity index (χ0n) is 12.0. The van der Waals surface area contributed by atoms with Gasteiger partial charge in [-0.2, -0.15) is 4.37 Å². The zero-order valence-corrected chi connectivity index (χ0v) is 12.8. The average Bonchev–Trinajstić information content (AvgIpc) is 3.20. The molecule has 5 nitrogen and oxygen atoms in total. The van der Waals surface area contributed by atoms with Gasteiger partial charge in [0.05, 0.1) is 16.9 Å². The van der Waals surface area contributed by atoms with Crippen LogP contribution in [0.5, 0.6) is 0 Å². The molecule has 2 aliphatic carbocycles. The van der Waals surface area contributed by atoms with Gasteiger partial charge in [-0.05, 0) is 48.2 Å². The van der Waals surface area contributed by atoms with Crippen molar-refractivity contribution in [1.29, 1.82) is 0 Å². The minimum atomic E-state index is -0.638. The van der Waals surface area contributed by atoms with Gasteiger partial charge in [0, 0.05) is 11.9 Å². The van der Waals surface area contributed by atoms with Crippen LogP contribution >= 0.6 is 11.5 Å². The van der Waals surface area contributed by atoms with Crippen molar-refractivity contribution in [2.75, 3.05) is 6.54 Å². The molecular weight excluding hydrogens is 300 g/mol. The van der Waals surface area contributed by atoms with Gasteiger partial charge in [-0.3, -0.25) is 4.79 Å². The number of hydrogen-bond acceptors (Lipinski definition) is 5. The van der Waals surface area contributed by atoms with Gasteiger partial charge in [-0.15, -0.1) is 0 Å². The van der Waals surface area contributed by atoms with Crippen LogP contribution in [0.1, 0.15) is 23.3 Å². The minimum Gasteiger partial charge on any atom is -0.390 e. The molecule has 2 saturated carbocycles.